The highest BCUT2D eigenvalue weighted by Crippen LogP contribution is 2.28. The van der Waals surface area contributed by atoms with E-state index in [1.54, 1.807) is 23.0 Å². The summed E-state index contributed by atoms with van der Waals surface area (Å²) in [4.78, 5) is 10.4. The predicted molar refractivity (Wildman–Crippen MR) is 71.4 cm³/mol. The lowest BCUT2D eigenvalue weighted by Crippen LogP contribution is -1.93. The normalized spacial score (nSPS) is 10.6. The summed E-state index contributed by atoms with van der Waals surface area (Å²) in [6.07, 6.45) is 1.62. The van der Waals surface area contributed by atoms with Gasteiger partial charge in [-0.3, -0.25) is 10.1 Å². The van der Waals surface area contributed by atoms with Crippen LogP contribution in [0.4, 0.5) is 5.69 Å². The van der Waals surface area contributed by atoms with E-state index in [-0.39, 0.29) is 5.69 Å². The van der Waals surface area contributed by atoms with E-state index < -0.39 is 4.92 Å². The van der Waals surface area contributed by atoms with E-state index in [1.807, 2.05) is 13.1 Å². The Hall–Kier alpha value is -1.41. The van der Waals surface area contributed by atoms with Crippen LogP contribution in [0.3, 0.4) is 0 Å². The summed E-state index contributed by atoms with van der Waals surface area (Å²) >= 11 is 4.64. The maximum absolute atomic E-state index is 10.8. The molecule has 1 aromatic carbocycles. The molecule has 0 saturated carbocycles. The van der Waals surface area contributed by atoms with Gasteiger partial charge in [-0.2, -0.15) is 0 Å². The van der Waals surface area contributed by atoms with Crippen molar-refractivity contribution in [1.82, 2.24) is 14.8 Å². The number of nitro benzene ring substituents is 1. The molecule has 0 radical (unpaired) electrons. The fourth-order valence-electron chi connectivity index (χ4n) is 1.34. The highest BCUT2D eigenvalue weighted by Gasteiger charge is 2.12. The maximum atomic E-state index is 10.8. The van der Waals surface area contributed by atoms with Gasteiger partial charge in [-0.1, -0.05) is 17.8 Å². The molecule has 94 valence electrons. The Morgan fingerprint density at radius 1 is 1.56 bits per heavy atom. The molecule has 1 aromatic heterocycles. The molecule has 18 heavy (non-hydrogen) atoms. The highest BCUT2D eigenvalue weighted by molar-refractivity contribution is 9.10. The van der Waals surface area contributed by atoms with Crippen LogP contribution in [0.1, 0.15) is 5.56 Å². The molecular weight excluding hydrogens is 320 g/mol. The number of nitro groups is 1. The van der Waals surface area contributed by atoms with Gasteiger partial charge in [0.1, 0.15) is 6.33 Å². The molecule has 1 heterocycles. The molecule has 0 saturated heterocycles. The third-order valence-electron chi connectivity index (χ3n) is 2.25. The van der Waals surface area contributed by atoms with Crippen LogP contribution in [0.25, 0.3) is 0 Å². The summed E-state index contributed by atoms with van der Waals surface area (Å²) in [5, 5.41) is 19.3. The fraction of sp³-hybridized carbons (Fsp3) is 0.200. The number of thioether (sulfide) groups is 1. The molecule has 0 spiro atoms. The third kappa shape index (κ3) is 2.88. The van der Waals surface area contributed by atoms with E-state index in [0.29, 0.717) is 10.2 Å². The van der Waals surface area contributed by atoms with Crippen molar-refractivity contribution in [3.8, 4) is 0 Å². The molecule has 0 bridgehead atoms. The second kappa shape index (κ2) is 5.49. The van der Waals surface area contributed by atoms with Gasteiger partial charge in [0.05, 0.1) is 9.40 Å². The van der Waals surface area contributed by atoms with Gasteiger partial charge in [0.15, 0.2) is 5.16 Å². The number of hydrogen-bond acceptors (Lipinski definition) is 5. The summed E-state index contributed by atoms with van der Waals surface area (Å²) < 4.78 is 2.29. The largest absolute Gasteiger partial charge is 0.312 e. The standard InChI is InChI=1S/C10H9BrN4O2S/c1-14-6-12-13-10(14)18-5-7-2-3-8(11)9(4-7)15(16)17/h2-4,6H,5H2,1H3. The molecule has 0 aliphatic rings. The lowest BCUT2D eigenvalue weighted by atomic mass is 10.2. The smallest absolute Gasteiger partial charge is 0.283 e. The minimum absolute atomic E-state index is 0.0751. The first kappa shape index (κ1) is 13.0. The molecule has 0 atom stereocenters. The van der Waals surface area contributed by atoms with E-state index >= 15 is 0 Å². The molecule has 6 nitrogen and oxygen atoms in total. The van der Waals surface area contributed by atoms with E-state index in [1.165, 1.54) is 11.8 Å². The van der Waals surface area contributed by atoms with E-state index in [9.17, 15) is 10.1 Å². The molecule has 2 rings (SSSR count). The molecule has 0 amide bonds. The average Bonchev–Trinajstić information content (AvgIpc) is 2.73. The van der Waals surface area contributed by atoms with Crippen LogP contribution in [0.15, 0.2) is 34.2 Å². The Bertz CT molecular complexity index is 587. The summed E-state index contributed by atoms with van der Waals surface area (Å²) in [6, 6.07) is 5.10. The lowest BCUT2D eigenvalue weighted by Gasteiger charge is -2.02. The molecule has 0 unspecified atom stereocenters. The zero-order valence-electron chi connectivity index (χ0n) is 9.41. The number of benzene rings is 1. The van der Waals surface area contributed by atoms with E-state index in [4.69, 9.17) is 0 Å². The number of aryl methyl sites for hydroxylation is 1. The minimum atomic E-state index is -0.402. The minimum Gasteiger partial charge on any atom is -0.312 e. The first-order valence-electron chi connectivity index (χ1n) is 4.97. The van der Waals surface area contributed by atoms with Crippen molar-refractivity contribution in [3.63, 3.8) is 0 Å². The summed E-state index contributed by atoms with van der Waals surface area (Å²) in [5.41, 5.74) is 0.948. The SMILES string of the molecule is Cn1cnnc1SCc1ccc(Br)c([N+](=O)[O-])c1. The van der Waals surface area contributed by atoms with Crippen molar-refractivity contribution >= 4 is 33.4 Å². The zero-order valence-corrected chi connectivity index (χ0v) is 11.8. The average molecular weight is 329 g/mol. The van der Waals surface area contributed by atoms with Gasteiger partial charge in [0.25, 0.3) is 5.69 Å². The van der Waals surface area contributed by atoms with Gasteiger partial charge in [-0.25, -0.2) is 0 Å². The van der Waals surface area contributed by atoms with Gasteiger partial charge >= 0.3 is 0 Å². The number of rotatable bonds is 4. The topological polar surface area (TPSA) is 73.8 Å². The monoisotopic (exact) mass is 328 g/mol. The Kier molecular flexibility index (Phi) is 3.97. The first-order chi connectivity index (χ1) is 8.58. The number of nitrogens with zero attached hydrogens (tertiary/aromatic N) is 4. The maximum Gasteiger partial charge on any atom is 0.283 e. The Morgan fingerprint density at radius 2 is 2.33 bits per heavy atom. The van der Waals surface area contributed by atoms with Crippen LogP contribution in [-0.4, -0.2) is 19.7 Å². The van der Waals surface area contributed by atoms with Gasteiger partial charge < -0.3 is 4.57 Å². The zero-order chi connectivity index (χ0) is 13.1. The van der Waals surface area contributed by atoms with Crippen LogP contribution in [-0.2, 0) is 12.8 Å². The van der Waals surface area contributed by atoms with E-state index in [2.05, 4.69) is 26.1 Å². The lowest BCUT2D eigenvalue weighted by molar-refractivity contribution is -0.385. The fourth-order valence-corrected chi connectivity index (χ4v) is 2.56. The van der Waals surface area contributed by atoms with E-state index in [0.717, 1.165) is 10.7 Å². The molecule has 0 fully saturated rings. The van der Waals surface area contributed by atoms with Crippen LogP contribution < -0.4 is 0 Å². The van der Waals surface area contributed by atoms with Crippen LogP contribution >= 0.6 is 27.7 Å². The van der Waals surface area contributed by atoms with Crippen molar-refractivity contribution in [3.05, 3.63) is 44.7 Å². The Morgan fingerprint density at radius 3 is 2.94 bits per heavy atom. The number of halogens is 1. The summed E-state index contributed by atoms with van der Waals surface area (Å²) in [7, 11) is 1.85. The highest BCUT2D eigenvalue weighted by atomic mass is 79.9. The molecule has 8 heteroatoms. The molecular formula is C10H9BrN4O2S. The van der Waals surface area contributed by atoms with Gasteiger partial charge in [0.2, 0.25) is 0 Å². The predicted octanol–water partition coefficient (Wildman–Crippen LogP) is 2.78. The number of aromatic nitrogens is 3. The first-order valence-corrected chi connectivity index (χ1v) is 6.75. The molecule has 0 aliphatic carbocycles. The van der Waals surface area contributed by atoms with Gasteiger partial charge in [-0.05, 0) is 27.6 Å². The molecule has 0 aliphatic heterocycles. The van der Waals surface area contributed by atoms with Crippen LogP contribution in [0.5, 0.6) is 0 Å². The quantitative estimate of drug-likeness (QED) is 0.490. The second-order valence-electron chi connectivity index (χ2n) is 3.56. The van der Waals surface area contributed by atoms with Crippen molar-refractivity contribution in [2.24, 2.45) is 7.05 Å². The Balaban J connectivity index is 2.13. The molecule has 0 N–H and O–H groups in total. The van der Waals surface area contributed by atoms with Crippen molar-refractivity contribution in [2.45, 2.75) is 10.9 Å². The second-order valence-corrected chi connectivity index (χ2v) is 5.35. The summed E-state index contributed by atoms with van der Waals surface area (Å²) in [6.45, 7) is 0. The van der Waals surface area contributed by atoms with Crippen LogP contribution in [0.2, 0.25) is 0 Å². The molecule has 2 aromatic rings. The van der Waals surface area contributed by atoms with Gasteiger partial charge in [0, 0.05) is 18.9 Å². The van der Waals surface area contributed by atoms with Crippen molar-refractivity contribution in [1.29, 1.82) is 0 Å². The van der Waals surface area contributed by atoms with Crippen LogP contribution in [0, 0.1) is 10.1 Å². The third-order valence-corrected chi connectivity index (χ3v) is 4.02. The van der Waals surface area contributed by atoms with Gasteiger partial charge in [-0.15, -0.1) is 10.2 Å². The Labute approximate surface area is 116 Å². The van der Waals surface area contributed by atoms with Crippen molar-refractivity contribution in [2.75, 3.05) is 0 Å². The summed E-state index contributed by atoms with van der Waals surface area (Å²) in [5.74, 6) is 0.612. The number of hydrogen-bond donors (Lipinski definition) is 0. The van der Waals surface area contributed by atoms with Crippen molar-refractivity contribution < 1.29 is 4.92 Å².